The summed E-state index contributed by atoms with van der Waals surface area (Å²) < 4.78 is 15.0. The molecule has 2 atom stereocenters. The molecule has 1 aliphatic carbocycles. The van der Waals surface area contributed by atoms with Gasteiger partial charge < -0.3 is 10.3 Å². The van der Waals surface area contributed by atoms with Gasteiger partial charge >= 0.3 is 0 Å². The Kier molecular flexibility index (Phi) is 3.75. The number of H-pyrrole nitrogens is 1. The standard InChI is InChI=1S/C21H18FN5O/c1-12-5-6-13(20-24-10-17(25-20)14-9-15(14)22)8-16(12)26-21(28)18-11-23-19-4-2-3-7-27(18)19/h2-8,10-11,14-15H,9H2,1H3,(H,24,25)(H,26,28)/t14-,15-/m0/s1. The number of aromatic nitrogens is 4. The first-order chi connectivity index (χ1) is 13.6. The average molecular weight is 375 g/mol. The van der Waals surface area contributed by atoms with Crippen molar-refractivity contribution >= 4 is 17.2 Å². The van der Waals surface area contributed by atoms with E-state index in [9.17, 15) is 9.18 Å². The molecule has 0 spiro atoms. The normalized spacial score (nSPS) is 18.4. The Morgan fingerprint density at radius 2 is 2.11 bits per heavy atom. The van der Waals surface area contributed by atoms with Crippen LogP contribution in [0, 0.1) is 6.92 Å². The minimum atomic E-state index is -0.772. The van der Waals surface area contributed by atoms with Crippen LogP contribution in [0.3, 0.4) is 0 Å². The maximum atomic E-state index is 13.3. The van der Waals surface area contributed by atoms with Crippen molar-refractivity contribution in [3.05, 3.63) is 71.9 Å². The van der Waals surface area contributed by atoms with E-state index in [4.69, 9.17) is 0 Å². The molecule has 6 nitrogen and oxygen atoms in total. The molecule has 1 amide bonds. The highest BCUT2D eigenvalue weighted by atomic mass is 19.1. The minimum Gasteiger partial charge on any atom is -0.342 e. The van der Waals surface area contributed by atoms with Crippen LogP contribution in [0.5, 0.6) is 0 Å². The summed E-state index contributed by atoms with van der Waals surface area (Å²) in [5, 5.41) is 2.96. The quantitative estimate of drug-likeness (QED) is 0.564. The van der Waals surface area contributed by atoms with Crippen LogP contribution in [-0.2, 0) is 0 Å². The number of aryl methyl sites for hydroxylation is 1. The molecule has 7 heteroatoms. The van der Waals surface area contributed by atoms with Crippen LogP contribution >= 0.6 is 0 Å². The van der Waals surface area contributed by atoms with Crippen molar-refractivity contribution in [1.29, 1.82) is 0 Å². The van der Waals surface area contributed by atoms with Gasteiger partial charge in [0, 0.05) is 35.3 Å². The Hall–Kier alpha value is -3.48. The number of amides is 1. The predicted molar refractivity (Wildman–Crippen MR) is 104 cm³/mol. The van der Waals surface area contributed by atoms with Crippen LogP contribution in [0.1, 0.15) is 34.1 Å². The van der Waals surface area contributed by atoms with E-state index in [0.29, 0.717) is 29.3 Å². The molecule has 2 N–H and O–H groups in total. The maximum absolute atomic E-state index is 13.3. The van der Waals surface area contributed by atoms with Gasteiger partial charge in [0.2, 0.25) is 0 Å². The molecule has 0 bridgehead atoms. The highest BCUT2D eigenvalue weighted by molar-refractivity contribution is 6.04. The van der Waals surface area contributed by atoms with Gasteiger partial charge in [-0.15, -0.1) is 0 Å². The van der Waals surface area contributed by atoms with E-state index in [1.54, 1.807) is 23.0 Å². The average Bonchev–Trinajstić information content (AvgIpc) is 3.12. The minimum absolute atomic E-state index is 0.0685. The van der Waals surface area contributed by atoms with Gasteiger partial charge in [0.1, 0.15) is 23.3 Å². The van der Waals surface area contributed by atoms with Crippen molar-refractivity contribution in [1.82, 2.24) is 19.4 Å². The van der Waals surface area contributed by atoms with Gasteiger partial charge in [0.25, 0.3) is 5.91 Å². The largest absolute Gasteiger partial charge is 0.342 e. The molecule has 1 aliphatic rings. The van der Waals surface area contributed by atoms with Gasteiger partial charge in [-0.3, -0.25) is 9.20 Å². The Balaban J connectivity index is 1.43. The summed E-state index contributed by atoms with van der Waals surface area (Å²) in [6, 6.07) is 11.3. The van der Waals surface area contributed by atoms with E-state index in [0.717, 1.165) is 16.8 Å². The van der Waals surface area contributed by atoms with Gasteiger partial charge in [-0.05, 0) is 37.1 Å². The molecule has 3 aromatic heterocycles. The number of anilines is 1. The molecule has 0 saturated heterocycles. The third kappa shape index (κ3) is 2.85. The number of benzene rings is 1. The van der Waals surface area contributed by atoms with Crippen molar-refractivity contribution in [2.45, 2.75) is 25.4 Å². The fourth-order valence-electron chi connectivity index (χ4n) is 3.35. The van der Waals surface area contributed by atoms with Crippen molar-refractivity contribution in [3.8, 4) is 11.4 Å². The Morgan fingerprint density at radius 1 is 1.25 bits per heavy atom. The van der Waals surface area contributed by atoms with E-state index in [-0.39, 0.29) is 11.8 Å². The number of fused-ring (bicyclic) bond motifs is 1. The third-order valence-corrected chi connectivity index (χ3v) is 5.12. The number of nitrogens with one attached hydrogen (secondary N) is 2. The lowest BCUT2D eigenvalue weighted by molar-refractivity contribution is 0.102. The lowest BCUT2D eigenvalue weighted by Crippen LogP contribution is -2.15. The van der Waals surface area contributed by atoms with Gasteiger partial charge in [-0.1, -0.05) is 18.2 Å². The highest BCUT2D eigenvalue weighted by Gasteiger charge is 2.40. The first-order valence-electron chi connectivity index (χ1n) is 9.13. The molecular weight excluding hydrogens is 357 g/mol. The molecule has 3 heterocycles. The summed E-state index contributed by atoms with van der Waals surface area (Å²) in [6.07, 6.45) is 4.84. The van der Waals surface area contributed by atoms with E-state index in [1.807, 2.05) is 43.3 Å². The predicted octanol–water partition coefficient (Wildman–Crippen LogP) is 4.11. The van der Waals surface area contributed by atoms with Crippen molar-refractivity contribution in [2.24, 2.45) is 0 Å². The number of alkyl halides is 1. The summed E-state index contributed by atoms with van der Waals surface area (Å²) in [4.78, 5) is 24.6. The van der Waals surface area contributed by atoms with Crippen LogP contribution < -0.4 is 5.32 Å². The van der Waals surface area contributed by atoms with Crippen LogP contribution in [0.2, 0.25) is 0 Å². The lowest BCUT2D eigenvalue weighted by Gasteiger charge is -2.10. The molecule has 1 fully saturated rings. The zero-order valence-electron chi connectivity index (χ0n) is 15.2. The van der Waals surface area contributed by atoms with Crippen LogP contribution in [0.15, 0.2) is 55.0 Å². The zero-order valence-corrected chi connectivity index (χ0v) is 15.2. The lowest BCUT2D eigenvalue weighted by atomic mass is 10.1. The van der Waals surface area contributed by atoms with Crippen molar-refractivity contribution in [2.75, 3.05) is 5.32 Å². The second-order valence-corrected chi connectivity index (χ2v) is 7.10. The maximum Gasteiger partial charge on any atom is 0.274 e. The number of pyridine rings is 1. The smallest absolute Gasteiger partial charge is 0.274 e. The summed E-state index contributed by atoms with van der Waals surface area (Å²) >= 11 is 0. The van der Waals surface area contributed by atoms with E-state index < -0.39 is 6.17 Å². The van der Waals surface area contributed by atoms with Crippen LogP contribution in [0.25, 0.3) is 17.0 Å². The van der Waals surface area contributed by atoms with Crippen LogP contribution in [0.4, 0.5) is 10.1 Å². The number of hydrogen-bond donors (Lipinski definition) is 2. The summed E-state index contributed by atoms with van der Waals surface area (Å²) in [7, 11) is 0. The fourth-order valence-corrected chi connectivity index (χ4v) is 3.35. The Bertz CT molecular complexity index is 1190. The summed E-state index contributed by atoms with van der Waals surface area (Å²) in [5.74, 6) is 0.359. The number of nitrogens with zero attached hydrogens (tertiary/aromatic N) is 3. The van der Waals surface area contributed by atoms with Gasteiger partial charge in [0.15, 0.2) is 0 Å². The van der Waals surface area contributed by atoms with Gasteiger partial charge in [0.05, 0.1) is 6.20 Å². The first-order valence-corrected chi connectivity index (χ1v) is 9.13. The SMILES string of the molecule is Cc1ccc(-c2ncc([C@H]3C[C@@H]3F)[nH]2)cc1NC(=O)c1cnc2ccccn12. The van der Waals surface area contributed by atoms with Crippen LogP contribution in [-0.4, -0.2) is 31.4 Å². The summed E-state index contributed by atoms with van der Waals surface area (Å²) in [5.41, 5.74) is 4.46. The second kappa shape index (κ2) is 6.30. The number of carbonyl (C=O) groups excluding carboxylic acids is 1. The van der Waals surface area contributed by atoms with Crippen molar-refractivity contribution in [3.63, 3.8) is 0 Å². The first kappa shape index (κ1) is 16.7. The Morgan fingerprint density at radius 3 is 2.93 bits per heavy atom. The number of aromatic amines is 1. The van der Waals surface area contributed by atoms with E-state index in [1.165, 1.54) is 0 Å². The molecule has 5 rings (SSSR count). The molecule has 0 radical (unpaired) electrons. The molecular formula is C21H18FN5O. The number of imidazole rings is 2. The van der Waals surface area contributed by atoms with Gasteiger partial charge in [-0.25, -0.2) is 14.4 Å². The van der Waals surface area contributed by atoms with E-state index >= 15 is 0 Å². The molecule has 1 aromatic carbocycles. The summed E-state index contributed by atoms with van der Waals surface area (Å²) in [6.45, 7) is 1.93. The van der Waals surface area contributed by atoms with Crippen molar-refractivity contribution < 1.29 is 9.18 Å². The molecule has 1 saturated carbocycles. The van der Waals surface area contributed by atoms with Gasteiger partial charge in [-0.2, -0.15) is 0 Å². The molecule has 0 unspecified atom stereocenters. The highest BCUT2D eigenvalue weighted by Crippen LogP contribution is 2.43. The second-order valence-electron chi connectivity index (χ2n) is 7.10. The molecule has 4 aromatic rings. The number of halogens is 1. The Labute approximate surface area is 160 Å². The monoisotopic (exact) mass is 375 g/mol. The fraction of sp³-hybridized carbons (Fsp3) is 0.190. The zero-order chi connectivity index (χ0) is 19.3. The molecule has 28 heavy (non-hydrogen) atoms. The number of hydrogen-bond acceptors (Lipinski definition) is 3. The topological polar surface area (TPSA) is 75.1 Å². The molecule has 140 valence electrons. The number of carbonyl (C=O) groups is 1. The van der Waals surface area contributed by atoms with E-state index in [2.05, 4.69) is 20.3 Å². The molecule has 0 aliphatic heterocycles. The third-order valence-electron chi connectivity index (χ3n) is 5.12. The number of rotatable bonds is 4.